The maximum atomic E-state index is 5.88. The third-order valence-electron chi connectivity index (χ3n) is 3.92. The third-order valence-corrected chi connectivity index (χ3v) is 3.92. The van der Waals surface area contributed by atoms with Crippen molar-refractivity contribution in [1.29, 1.82) is 0 Å². The van der Waals surface area contributed by atoms with Crippen molar-refractivity contribution in [3.8, 4) is 0 Å². The van der Waals surface area contributed by atoms with E-state index in [0.717, 1.165) is 42.0 Å². The number of morpholine rings is 1. The van der Waals surface area contributed by atoms with Crippen LogP contribution in [0.25, 0.3) is 11.0 Å². The molecule has 1 atom stereocenters. The van der Waals surface area contributed by atoms with Gasteiger partial charge < -0.3 is 14.6 Å². The minimum atomic E-state index is 0.108. The Morgan fingerprint density at radius 1 is 1.41 bits per heavy atom. The van der Waals surface area contributed by atoms with Crippen molar-refractivity contribution in [1.82, 2.24) is 24.7 Å². The van der Waals surface area contributed by atoms with Gasteiger partial charge in [0.2, 0.25) is 0 Å². The fourth-order valence-electron chi connectivity index (χ4n) is 2.91. The molecule has 7 heteroatoms. The van der Waals surface area contributed by atoms with Crippen molar-refractivity contribution >= 4 is 16.9 Å². The van der Waals surface area contributed by atoms with E-state index in [1.54, 1.807) is 6.33 Å². The maximum absolute atomic E-state index is 5.88. The van der Waals surface area contributed by atoms with Crippen LogP contribution in [0.2, 0.25) is 0 Å². The molecular formula is C15H18N6O. The predicted octanol–water partition coefficient (Wildman–Crippen LogP) is 1.37. The summed E-state index contributed by atoms with van der Waals surface area (Å²) in [5.74, 6) is 0.969. The highest BCUT2D eigenvalue weighted by atomic mass is 16.5. The number of hydrogen-bond donors (Lipinski definition) is 1. The number of H-pyrrole nitrogens is 1. The zero-order chi connectivity index (χ0) is 14.9. The van der Waals surface area contributed by atoms with Gasteiger partial charge in [-0.15, -0.1) is 0 Å². The number of fused-ring (bicyclic) bond motifs is 1. The van der Waals surface area contributed by atoms with E-state index in [9.17, 15) is 0 Å². The zero-order valence-corrected chi connectivity index (χ0v) is 12.4. The molecule has 1 aliphatic heterocycles. The lowest BCUT2D eigenvalue weighted by Crippen LogP contribution is -2.44. The molecule has 7 nitrogen and oxygen atoms in total. The molecule has 0 unspecified atom stereocenters. The number of aromatic amines is 1. The van der Waals surface area contributed by atoms with Crippen molar-refractivity contribution in [3.05, 3.63) is 36.5 Å². The van der Waals surface area contributed by atoms with Crippen molar-refractivity contribution in [2.45, 2.75) is 19.6 Å². The van der Waals surface area contributed by atoms with E-state index in [-0.39, 0.29) is 6.10 Å². The molecule has 4 rings (SSSR count). The van der Waals surface area contributed by atoms with Crippen molar-refractivity contribution in [2.24, 2.45) is 0 Å². The molecule has 1 aliphatic rings. The molecule has 3 aromatic rings. The van der Waals surface area contributed by atoms with Crippen LogP contribution in [0.4, 0.5) is 5.82 Å². The summed E-state index contributed by atoms with van der Waals surface area (Å²) in [5, 5.41) is 5.39. The summed E-state index contributed by atoms with van der Waals surface area (Å²) < 4.78 is 7.82. The van der Waals surface area contributed by atoms with Crippen molar-refractivity contribution < 1.29 is 4.74 Å². The second-order valence-electron chi connectivity index (χ2n) is 5.62. The molecule has 0 radical (unpaired) electrons. The first-order valence-electron chi connectivity index (χ1n) is 7.43. The summed E-state index contributed by atoms with van der Waals surface area (Å²) in [7, 11) is 0. The molecule has 1 fully saturated rings. The van der Waals surface area contributed by atoms with E-state index in [0.29, 0.717) is 6.61 Å². The fourth-order valence-corrected chi connectivity index (χ4v) is 2.91. The number of aryl methyl sites for hydroxylation is 1. The number of anilines is 1. The summed E-state index contributed by atoms with van der Waals surface area (Å²) in [4.78, 5) is 14.1. The Hall–Kier alpha value is -2.41. The van der Waals surface area contributed by atoms with Crippen LogP contribution in [0.15, 0.2) is 31.0 Å². The van der Waals surface area contributed by atoms with Gasteiger partial charge in [-0.25, -0.2) is 9.97 Å². The quantitative estimate of drug-likeness (QED) is 0.790. The number of ether oxygens (including phenoxy) is 1. The second kappa shape index (κ2) is 5.42. The lowest BCUT2D eigenvalue weighted by molar-refractivity contribution is 0.0272. The van der Waals surface area contributed by atoms with Crippen LogP contribution in [0, 0.1) is 6.92 Å². The highest BCUT2D eigenvalue weighted by Gasteiger charge is 2.23. The van der Waals surface area contributed by atoms with Gasteiger partial charge in [0.1, 0.15) is 17.8 Å². The largest absolute Gasteiger partial charge is 0.373 e. The smallest absolute Gasteiger partial charge is 0.142 e. The molecule has 3 aromatic heterocycles. The summed E-state index contributed by atoms with van der Waals surface area (Å²) >= 11 is 0. The second-order valence-corrected chi connectivity index (χ2v) is 5.62. The number of nitrogens with zero attached hydrogens (tertiary/aromatic N) is 5. The number of aromatic nitrogens is 5. The Kier molecular flexibility index (Phi) is 3.27. The van der Waals surface area contributed by atoms with Gasteiger partial charge in [0.25, 0.3) is 0 Å². The van der Waals surface area contributed by atoms with Gasteiger partial charge in [-0.3, -0.25) is 4.68 Å². The van der Waals surface area contributed by atoms with Gasteiger partial charge in [0, 0.05) is 25.5 Å². The third kappa shape index (κ3) is 2.43. The molecule has 22 heavy (non-hydrogen) atoms. The minimum Gasteiger partial charge on any atom is -0.373 e. The average molecular weight is 298 g/mol. The number of hydrogen-bond acceptors (Lipinski definition) is 5. The van der Waals surface area contributed by atoms with Crippen LogP contribution in [0.1, 0.15) is 5.56 Å². The predicted molar refractivity (Wildman–Crippen MR) is 82.8 cm³/mol. The maximum Gasteiger partial charge on any atom is 0.142 e. The molecule has 4 heterocycles. The molecule has 0 bridgehead atoms. The lowest BCUT2D eigenvalue weighted by atomic mass is 10.2. The van der Waals surface area contributed by atoms with Gasteiger partial charge in [0.15, 0.2) is 0 Å². The standard InChI is InChI=1S/C15H18N6O/c1-11-6-19-21(7-11)9-12-8-20(4-5-22-12)15-13-2-3-16-14(13)17-10-18-15/h2-3,6-7,10,12H,4-5,8-9H2,1H3,(H,16,17,18)/t12-/m0/s1. The van der Waals surface area contributed by atoms with Crippen LogP contribution >= 0.6 is 0 Å². The molecule has 0 amide bonds. The Morgan fingerprint density at radius 3 is 3.23 bits per heavy atom. The van der Waals surface area contributed by atoms with Gasteiger partial charge in [-0.05, 0) is 18.6 Å². The molecular weight excluding hydrogens is 280 g/mol. The van der Waals surface area contributed by atoms with Crippen LogP contribution in [0.3, 0.4) is 0 Å². The van der Waals surface area contributed by atoms with E-state index in [2.05, 4.69) is 25.0 Å². The van der Waals surface area contributed by atoms with Gasteiger partial charge in [0.05, 0.1) is 30.8 Å². The van der Waals surface area contributed by atoms with Crippen LogP contribution in [-0.2, 0) is 11.3 Å². The molecule has 0 saturated carbocycles. The topological polar surface area (TPSA) is 71.9 Å². The monoisotopic (exact) mass is 298 g/mol. The van der Waals surface area contributed by atoms with Crippen LogP contribution in [0.5, 0.6) is 0 Å². The van der Waals surface area contributed by atoms with E-state index in [4.69, 9.17) is 4.74 Å². The van der Waals surface area contributed by atoms with E-state index < -0.39 is 0 Å². The summed E-state index contributed by atoms with van der Waals surface area (Å²) in [6.45, 7) is 5.13. The average Bonchev–Trinajstić information content (AvgIpc) is 3.16. The first-order chi connectivity index (χ1) is 10.8. The van der Waals surface area contributed by atoms with Crippen LogP contribution < -0.4 is 4.90 Å². The van der Waals surface area contributed by atoms with Gasteiger partial charge >= 0.3 is 0 Å². The van der Waals surface area contributed by atoms with E-state index in [1.165, 1.54) is 0 Å². The van der Waals surface area contributed by atoms with Crippen molar-refractivity contribution in [2.75, 3.05) is 24.6 Å². The molecule has 1 saturated heterocycles. The highest BCUT2D eigenvalue weighted by molar-refractivity contribution is 5.87. The first-order valence-corrected chi connectivity index (χ1v) is 7.43. The van der Waals surface area contributed by atoms with Crippen LogP contribution in [-0.4, -0.2) is 50.5 Å². The number of nitrogens with one attached hydrogen (secondary N) is 1. The summed E-state index contributed by atoms with van der Waals surface area (Å²) in [5.41, 5.74) is 2.04. The number of rotatable bonds is 3. The Morgan fingerprint density at radius 2 is 2.36 bits per heavy atom. The van der Waals surface area contributed by atoms with Gasteiger partial charge in [-0.2, -0.15) is 5.10 Å². The summed E-state index contributed by atoms with van der Waals surface area (Å²) in [6, 6.07) is 2.02. The fraction of sp³-hybridized carbons (Fsp3) is 0.400. The lowest BCUT2D eigenvalue weighted by Gasteiger charge is -2.33. The summed E-state index contributed by atoms with van der Waals surface area (Å²) in [6.07, 6.45) is 7.52. The zero-order valence-electron chi connectivity index (χ0n) is 12.4. The van der Waals surface area contributed by atoms with E-state index in [1.807, 2.05) is 36.3 Å². The van der Waals surface area contributed by atoms with E-state index >= 15 is 0 Å². The molecule has 114 valence electrons. The normalized spacial score (nSPS) is 19.0. The van der Waals surface area contributed by atoms with Gasteiger partial charge in [-0.1, -0.05) is 0 Å². The van der Waals surface area contributed by atoms with Crippen molar-refractivity contribution in [3.63, 3.8) is 0 Å². The Labute approximate surface area is 127 Å². The Balaban J connectivity index is 1.54. The first kappa shape index (κ1) is 13.3. The molecule has 0 aromatic carbocycles. The molecule has 0 spiro atoms. The Bertz CT molecular complexity index is 779. The molecule has 1 N–H and O–H groups in total. The minimum absolute atomic E-state index is 0.108. The SMILES string of the molecule is Cc1cnn(C[C@@H]2CN(c3ncnc4[nH]ccc34)CCO2)c1. The highest BCUT2D eigenvalue weighted by Crippen LogP contribution is 2.24. The molecule has 0 aliphatic carbocycles.